The van der Waals surface area contributed by atoms with Gasteiger partial charge in [0.15, 0.2) is 11.5 Å². The summed E-state index contributed by atoms with van der Waals surface area (Å²) in [6, 6.07) is 7.35. The molecule has 1 fully saturated rings. The van der Waals surface area contributed by atoms with E-state index in [2.05, 4.69) is 55.2 Å². The molecule has 1 aromatic heterocycles. The molecule has 1 saturated heterocycles. The number of anilines is 1. The summed E-state index contributed by atoms with van der Waals surface area (Å²) >= 11 is 0. The van der Waals surface area contributed by atoms with Gasteiger partial charge in [0.1, 0.15) is 5.52 Å². The van der Waals surface area contributed by atoms with E-state index in [1.165, 1.54) is 6.42 Å². The van der Waals surface area contributed by atoms with E-state index in [9.17, 15) is 0 Å². The topological polar surface area (TPSA) is 41.3 Å². The molecule has 0 amide bonds. The van der Waals surface area contributed by atoms with E-state index in [4.69, 9.17) is 4.42 Å². The lowest BCUT2D eigenvalue weighted by Crippen LogP contribution is -2.24. The van der Waals surface area contributed by atoms with Crippen LogP contribution in [0.2, 0.25) is 0 Å². The lowest BCUT2D eigenvalue weighted by atomic mass is 10.2. The van der Waals surface area contributed by atoms with Gasteiger partial charge < -0.3 is 14.6 Å². The molecule has 1 aliphatic heterocycles. The maximum Gasteiger partial charge on any atom is 0.198 e. The average molecular weight is 273 g/mol. The standard InChI is InChI=1S/C16H23N3O/c1-10(2)16-18-14-8-12(5-6-15(14)20-16)17-13-7-11(3)19(4)9-13/h5-6,8,10-11,13,17H,7,9H2,1-4H3. The molecule has 2 heterocycles. The van der Waals surface area contributed by atoms with Crippen LogP contribution >= 0.6 is 0 Å². The van der Waals surface area contributed by atoms with Crippen LogP contribution < -0.4 is 5.32 Å². The second kappa shape index (κ2) is 5.09. The lowest BCUT2D eigenvalue weighted by Gasteiger charge is -2.14. The number of hydrogen-bond acceptors (Lipinski definition) is 4. The zero-order chi connectivity index (χ0) is 14.3. The normalized spacial score (nSPS) is 23.9. The Morgan fingerprint density at radius 3 is 2.85 bits per heavy atom. The van der Waals surface area contributed by atoms with Gasteiger partial charge in [-0.05, 0) is 38.6 Å². The van der Waals surface area contributed by atoms with Crippen LogP contribution in [0.5, 0.6) is 0 Å². The number of nitrogens with one attached hydrogen (secondary N) is 1. The number of likely N-dealkylation sites (N-methyl/N-ethyl adjacent to an activating group) is 1. The van der Waals surface area contributed by atoms with Crippen molar-refractivity contribution in [1.29, 1.82) is 0 Å². The van der Waals surface area contributed by atoms with E-state index >= 15 is 0 Å². The zero-order valence-electron chi connectivity index (χ0n) is 12.7. The molecule has 0 aliphatic carbocycles. The van der Waals surface area contributed by atoms with E-state index in [0.717, 1.165) is 29.2 Å². The summed E-state index contributed by atoms with van der Waals surface area (Å²) in [6.07, 6.45) is 1.19. The van der Waals surface area contributed by atoms with E-state index < -0.39 is 0 Å². The average Bonchev–Trinajstić information content (AvgIpc) is 2.93. The molecule has 0 spiro atoms. The van der Waals surface area contributed by atoms with Gasteiger partial charge in [0.2, 0.25) is 0 Å². The van der Waals surface area contributed by atoms with Crippen molar-refractivity contribution in [2.45, 2.75) is 45.2 Å². The molecule has 2 aromatic rings. The summed E-state index contributed by atoms with van der Waals surface area (Å²) in [5.74, 6) is 1.13. The van der Waals surface area contributed by atoms with Crippen LogP contribution in [0.25, 0.3) is 11.1 Å². The van der Waals surface area contributed by atoms with Crippen LogP contribution in [0, 0.1) is 0 Å². The van der Waals surface area contributed by atoms with E-state index in [0.29, 0.717) is 18.0 Å². The number of nitrogens with zero attached hydrogens (tertiary/aromatic N) is 2. The van der Waals surface area contributed by atoms with Crippen molar-refractivity contribution in [3.8, 4) is 0 Å². The SMILES string of the molecule is CC(C)c1nc2cc(NC3CC(C)N(C)C3)ccc2o1. The molecule has 0 saturated carbocycles. The number of hydrogen-bond donors (Lipinski definition) is 1. The highest BCUT2D eigenvalue weighted by atomic mass is 16.3. The number of fused-ring (bicyclic) bond motifs is 1. The van der Waals surface area contributed by atoms with Gasteiger partial charge in [0.05, 0.1) is 0 Å². The molecule has 1 aliphatic rings. The predicted octanol–water partition coefficient (Wildman–Crippen LogP) is 3.46. The Morgan fingerprint density at radius 2 is 2.20 bits per heavy atom. The van der Waals surface area contributed by atoms with Crippen molar-refractivity contribution in [2.75, 3.05) is 18.9 Å². The van der Waals surface area contributed by atoms with E-state index in [1.54, 1.807) is 0 Å². The van der Waals surface area contributed by atoms with E-state index in [1.807, 2.05) is 6.07 Å². The van der Waals surface area contributed by atoms with Crippen molar-refractivity contribution in [1.82, 2.24) is 9.88 Å². The first-order chi connectivity index (χ1) is 9.52. The summed E-state index contributed by atoms with van der Waals surface area (Å²) in [5.41, 5.74) is 2.95. The van der Waals surface area contributed by atoms with Crippen LogP contribution in [0.15, 0.2) is 22.6 Å². The highest BCUT2D eigenvalue weighted by molar-refractivity contribution is 5.77. The van der Waals surface area contributed by atoms with Gasteiger partial charge in [-0.25, -0.2) is 4.98 Å². The molecule has 1 N–H and O–H groups in total. The molecule has 108 valence electrons. The molecule has 2 unspecified atom stereocenters. The molecule has 4 heteroatoms. The van der Waals surface area contributed by atoms with E-state index in [-0.39, 0.29) is 0 Å². The smallest absolute Gasteiger partial charge is 0.198 e. The Labute approximate surface area is 120 Å². The van der Waals surface area contributed by atoms with Crippen molar-refractivity contribution < 1.29 is 4.42 Å². The maximum atomic E-state index is 5.74. The van der Waals surface area contributed by atoms with Gasteiger partial charge in [-0.3, -0.25) is 0 Å². The fourth-order valence-corrected chi connectivity index (χ4v) is 2.82. The predicted molar refractivity (Wildman–Crippen MR) is 82.2 cm³/mol. The Bertz CT molecular complexity index is 595. The Kier molecular flexibility index (Phi) is 3.42. The molecular formula is C16H23N3O. The molecule has 0 bridgehead atoms. The minimum Gasteiger partial charge on any atom is -0.440 e. The van der Waals surface area contributed by atoms with Gasteiger partial charge in [-0.1, -0.05) is 13.8 Å². The number of likely N-dealkylation sites (tertiary alicyclic amines) is 1. The highest BCUT2D eigenvalue weighted by Crippen LogP contribution is 2.25. The number of benzene rings is 1. The quantitative estimate of drug-likeness (QED) is 0.930. The highest BCUT2D eigenvalue weighted by Gasteiger charge is 2.25. The van der Waals surface area contributed by atoms with Crippen LogP contribution in [0.4, 0.5) is 5.69 Å². The van der Waals surface area contributed by atoms with Gasteiger partial charge in [-0.2, -0.15) is 0 Å². The third-order valence-electron chi connectivity index (χ3n) is 4.16. The molecule has 2 atom stereocenters. The molecule has 3 rings (SSSR count). The number of aromatic nitrogens is 1. The number of oxazole rings is 1. The van der Waals surface area contributed by atoms with Gasteiger partial charge in [0, 0.05) is 30.2 Å². The van der Waals surface area contributed by atoms with Crippen molar-refractivity contribution >= 4 is 16.8 Å². The van der Waals surface area contributed by atoms with Crippen LogP contribution in [-0.2, 0) is 0 Å². The summed E-state index contributed by atoms with van der Waals surface area (Å²) in [6.45, 7) is 7.56. The summed E-state index contributed by atoms with van der Waals surface area (Å²) < 4.78 is 5.74. The summed E-state index contributed by atoms with van der Waals surface area (Å²) in [4.78, 5) is 6.95. The Hall–Kier alpha value is -1.55. The number of rotatable bonds is 3. The first-order valence-electron chi connectivity index (χ1n) is 7.40. The summed E-state index contributed by atoms with van der Waals surface area (Å²) in [5, 5.41) is 3.61. The van der Waals surface area contributed by atoms with Crippen LogP contribution in [-0.4, -0.2) is 35.6 Å². The van der Waals surface area contributed by atoms with Crippen molar-refractivity contribution in [3.05, 3.63) is 24.1 Å². The molecule has 20 heavy (non-hydrogen) atoms. The first-order valence-corrected chi connectivity index (χ1v) is 7.40. The molecule has 4 nitrogen and oxygen atoms in total. The molecule has 1 aromatic carbocycles. The second-order valence-electron chi connectivity index (χ2n) is 6.25. The minimum absolute atomic E-state index is 0.322. The fourth-order valence-electron chi connectivity index (χ4n) is 2.82. The van der Waals surface area contributed by atoms with Gasteiger partial charge in [0.25, 0.3) is 0 Å². The minimum atomic E-state index is 0.322. The zero-order valence-corrected chi connectivity index (χ0v) is 12.7. The maximum absolute atomic E-state index is 5.74. The van der Waals surface area contributed by atoms with Gasteiger partial charge in [-0.15, -0.1) is 0 Å². The Balaban J connectivity index is 1.79. The van der Waals surface area contributed by atoms with Crippen molar-refractivity contribution in [3.63, 3.8) is 0 Å². The molecule has 0 radical (unpaired) electrons. The van der Waals surface area contributed by atoms with Crippen LogP contribution in [0.1, 0.15) is 39.0 Å². The Morgan fingerprint density at radius 1 is 1.40 bits per heavy atom. The third-order valence-corrected chi connectivity index (χ3v) is 4.16. The van der Waals surface area contributed by atoms with Crippen LogP contribution in [0.3, 0.4) is 0 Å². The monoisotopic (exact) mass is 273 g/mol. The fraction of sp³-hybridized carbons (Fsp3) is 0.562. The third kappa shape index (κ3) is 2.52. The molecular weight excluding hydrogens is 250 g/mol. The lowest BCUT2D eigenvalue weighted by molar-refractivity contribution is 0.330. The second-order valence-corrected chi connectivity index (χ2v) is 6.25. The van der Waals surface area contributed by atoms with Gasteiger partial charge >= 0.3 is 0 Å². The van der Waals surface area contributed by atoms with Crippen molar-refractivity contribution in [2.24, 2.45) is 0 Å². The largest absolute Gasteiger partial charge is 0.440 e. The summed E-state index contributed by atoms with van der Waals surface area (Å²) in [7, 11) is 2.18. The first kappa shape index (κ1) is 13.4.